The standard InChI is InChI=1S/C20H24N2O4/c1-14(2)10-17(20(24)25)12-22-19(23)16-8-9-21-18(11-16)26-13-15-6-4-3-5-7-15/h3-9,11,14,17H,10,12-13H2,1-2H3,(H,22,23)(H,24,25). The van der Waals surface area contributed by atoms with Gasteiger partial charge in [0, 0.05) is 24.4 Å². The van der Waals surface area contributed by atoms with Crippen LogP contribution in [0.4, 0.5) is 0 Å². The maximum absolute atomic E-state index is 12.3. The van der Waals surface area contributed by atoms with E-state index in [1.54, 1.807) is 12.1 Å². The molecule has 1 amide bonds. The van der Waals surface area contributed by atoms with Gasteiger partial charge in [-0.3, -0.25) is 9.59 Å². The summed E-state index contributed by atoms with van der Waals surface area (Å²) in [5.74, 6) is -1.26. The number of amides is 1. The summed E-state index contributed by atoms with van der Waals surface area (Å²) in [7, 11) is 0. The van der Waals surface area contributed by atoms with Crippen LogP contribution >= 0.6 is 0 Å². The van der Waals surface area contributed by atoms with E-state index < -0.39 is 11.9 Å². The number of aliphatic carboxylic acids is 1. The number of rotatable bonds is 9. The molecule has 1 heterocycles. The predicted octanol–water partition coefficient (Wildman–Crippen LogP) is 3.14. The molecule has 0 aliphatic carbocycles. The van der Waals surface area contributed by atoms with Crippen LogP contribution in [0.5, 0.6) is 5.88 Å². The Morgan fingerprint density at radius 1 is 1.19 bits per heavy atom. The van der Waals surface area contributed by atoms with Crippen LogP contribution in [0.25, 0.3) is 0 Å². The minimum absolute atomic E-state index is 0.0921. The maximum atomic E-state index is 12.3. The molecule has 1 atom stereocenters. The van der Waals surface area contributed by atoms with Crippen molar-refractivity contribution >= 4 is 11.9 Å². The first-order chi connectivity index (χ1) is 12.5. The van der Waals surface area contributed by atoms with Crippen molar-refractivity contribution in [1.29, 1.82) is 0 Å². The summed E-state index contributed by atoms with van der Waals surface area (Å²) in [4.78, 5) is 27.7. The highest BCUT2D eigenvalue weighted by Crippen LogP contribution is 2.14. The molecule has 0 saturated heterocycles. The van der Waals surface area contributed by atoms with Gasteiger partial charge in [0.1, 0.15) is 6.61 Å². The monoisotopic (exact) mass is 356 g/mol. The van der Waals surface area contributed by atoms with Gasteiger partial charge >= 0.3 is 5.97 Å². The topological polar surface area (TPSA) is 88.5 Å². The second-order valence-electron chi connectivity index (χ2n) is 6.53. The summed E-state index contributed by atoms with van der Waals surface area (Å²) in [6.45, 7) is 4.36. The average molecular weight is 356 g/mol. The van der Waals surface area contributed by atoms with Gasteiger partial charge in [0.25, 0.3) is 5.91 Å². The average Bonchev–Trinajstić information content (AvgIpc) is 2.63. The molecule has 0 aliphatic heterocycles. The molecule has 0 bridgehead atoms. The number of aromatic nitrogens is 1. The van der Waals surface area contributed by atoms with Crippen molar-refractivity contribution in [3.8, 4) is 5.88 Å². The summed E-state index contributed by atoms with van der Waals surface area (Å²) in [5.41, 5.74) is 1.39. The van der Waals surface area contributed by atoms with Gasteiger partial charge in [-0.25, -0.2) is 4.98 Å². The van der Waals surface area contributed by atoms with E-state index in [4.69, 9.17) is 4.74 Å². The van der Waals surface area contributed by atoms with Crippen molar-refractivity contribution in [3.05, 3.63) is 59.8 Å². The number of nitrogens with zero attached hydrogens (tertiary/aromatic N) is 1. The van der Waals surface area contributed by atoms with Crippen LogP contribution in [0.3, 0.4) is 0 Å². The molecule has 1 unspecified atom stereocenters. The Hall–Kier alpha value is -2.89. The number of carboxylic acids is 1. The summed E-state index contributed by atoms with van der Waals surface area (Å²) in [5, 5.41) is 11.9. The van der Waals surface area contributed by atoms with Crippen LogP contribution in [0.1, 0.15) is 36.2 Å². The number of ether oxygens (including phenoxy) is 1. The fourth-order valence-electron chi connectivity index (χ4n) is 2.52. The van der Waals surface area contributed by atoms with Crippen molar-refractivity contribution in [2.45, 2.75) is 26.9 Å². The molecule has 0 spiro atoms. The molecule has 0 aliphatic rings. The van der Waals surface area contributed by atoms with Crippen molar-refractivity contribution in [2.24, 2.45) is 11.8 Å². The normalized spacial score (nSPS) is 11.8. The Bertz CT molecular complexity index is 732. The highest BCUT2D eigenvalue weighted by molar-refractivity contribution is 5.94. The Labute approximate surface area is 153 Å². The number of nitrogens with one attached hydrogen (secondary N) is 1. The van der Waals surface area contributed by atoms with E-state index in [-0.39, 0.29) is 18.4 Å². The highest BCUT2D eigenvalue weighted by Gasteiger charge is 2.20. The second kappa shape index (κ2) is 9.56. The lowest BCUT2D eigenvalue weighted by Crippen LogP contribution is -2.33. The first-order valence-corrected chi connectivity index (χ1v) is 8.59. The molecule has 2 N–H and O–H groups in total. The number of hydrogen-bond donors (Lipinski definition) is 2. The molecule has 2 rings (SSSR count). The van der Waals surface area contributed by atoms with Crippen LogP contribution in [0.15, 0.2) is 48.7 Å². The van der Waals surface area contributed by atoms with Gasteiger partial charge in [0.05, 0.1) is 5.92 Å². The molecule has 26 heavy (non-hydrogen) atoms. The molecule has 6 heteroatoms. The van der Waals surface area contributed by atoms with Gasteiger partial charge < -0.3 is 15.2 Å². The number of benzene rings is 1. The van der Waals surface area contributed by atoms with E-state index in [0.29, 0.717) is 24.5 Å². The summed E-state index contributed by atoms with van der Waals surface area (Å²) < 4.78 is 5.61. The fourth-order valence-corrected chi connectivity index (χ4v) is 2.52. The first kappa shape index (κ1) is 19.4. The van der Waals surface area contributed by atoms with Gasteiger partial charge in [0.15, 0.2) is 0 Å². The van der Waals surface area contributed by atoms with E-state index in [2.05, 4.69) is 10.3 Å². The largest absolute Gasteiger partial charge is 0.481 e. The molecule has 138 valence electrons. The molecule has 1 aromatic carbocycles. The summed E-state index contributed by atoms with van der Waals surface area (Å²) >= 11 is 0. The fraction of sp³-hybridized carbons (Fsp3) is 0.350. The Morgan fingerprint density at radius 3 is 2.58 bits per heavy atom. The number of carbonyl (C=O) groups excluding carboxylic acids is 1. The maximum Gasteiger partial charge on any atom is 0.308 e. The van der Waals surface area contributed by atoms with Crippen LogP contribution in [0.2, 0.25) is 0 Å². The number of pyridine rings is 1. The quantitative estimate of drug-likeness (QED) is 0.720. The minimum Gasteiger partial charge on any atom is -0.481 e. The van der Waals surface area contributed by atoms with Crippen molar-refractivity contribution in [2.75, 3.05) is 6.54 Å². The van der Waals surface area contributed by atoms with E-state index in [1.807, 2.05) is 44.2 Å². The molecule has 0 fully saturated rings. The van der Waals surface area contributed by atoms with Gasteiger partial charge in [-0.2, -0.15) is 0 Å². The van der Waals surface area contributed by atoms with Gasteiger partial charge in [-0.05, 0) is 24.0 Å². The summed E-state index contributed by atoms with van der Waals surface area (Å²) in [6.07, 6.45) is 2.01. The van der Waals surface area contributed by atoms with E-state index in [1.165, 1.54) is 6.20 Å². The van der Waals surface area contributed by atoms with Crippen LogP contribution in [-0.4, -0.2) is 28.5 Å². The second-order valence-corrected chi connectivity index (χ2v) is 6.53. The van der Waals surface area contributed by atoms with Crippen LogP contribution in [-0.2, 0) is 11.4 Å². The SMILES string of the molecule is CC(C)CC(CNC(=O)c1ccnc(OCc2ccccc2)c1)C(=O)O. The zero-order valence-electron chi connectivity index (χ0n) is 15.0. The lowest BCUT2D eigenvalue weighted by molar-refractivity contribution is -0.142. The van der Waals surface area contributed by atoms with Crippen LogP contribution < -0.4 is 10.1 Å². The Balaban J connectivity index is 1.93. The third-order valence-electron chi connectivity index (χ3n) is 3.84. The molecule has 0 radical (unpaired) electrons. The van der Waals surface area contributed by atoms with Crippen molar-refractivity contribution < 1.29 is 19.4 Å². The zero-order valence-corrected chi connectivity index (χ0v) is 15.0. The third kappa shape index (κ3) is 6.20. The van der Waals surface area contributed by atoms with Crippen molar-refractivity contribution in [3.63, 3.8) is 0 Å². The van der Waals surface area contributed by atoms with E-state index in [9.17, 15) is 14.7 Å². The van der Waals surface area contributed by atoms with Crippen molar-refractivity contribution in [1.82, 2.24) is 10.3 Å². The Kier molecular flexibility index (Phi) is 7.14. The van der Waals surface area contributed by atoms with Crippen LogP contribution in [0, 0.1) is 11.8 Å². The Morgan fingerprint density at radius 2 is 1.92 bits per heavy atom. The van der Waals surface area contributed by atoms with E-state index >= 15 is 0 Å². The molecule has 2 aromatic rings. The van der Waals surface area contributed by atoms with Gasteiger partial charge in [0.2, 0.25) is 5.88 Å². The molecule has 1 aromatic heterocycles. The lowest BCUT2D eigenvalue weighted by atomic mass is 9.97. The lowest BCUT2D eigenvalue weighted by Gasteiger charge is -2.15. The molecule has 0 saturated carbocycles. The van der Waals surface area contributed by atoms with Gasteiger partial charge in [-0.1, -0.05) is 44.2 Å². The molecule has 6 nitrogen and oxygen atoms in total. The number of carboxylic acid groups (broad SMARTS) is 1. The minimum atomic E-state index is -0.902. The highest BCUT2D eigenvalue weighted by atomic mass is 16.5. The van der Waals surface area contributed by atoms with Gasteiger partial charge in [-0.15, -0.1) is 0 Å². The smallest absolute Gasteiger partial charge is 0.308 e. The number of hydrogen-bond acceptors (Lipinski definition) is 4. The molecular weight excluding hydrogens is 332 g/mol. The first-order valence-electron chi connectivity index (χ1n) is 8.59. The predicted molar refractivity (Wildman–Crippen MR) is 97.9 cm³/mol. The third-order valence-corrected chi connectivity index (χ3v) is 3.84. The number of carbonyl (C=O) groups is 2. The zero-order chi connectivity index (χ0) is 18.9. The summed E-state index contributed by atoms with van der Waals surface area (Å²) in [6, 6.07) is 12.8. The van der Waals surface area contributed by atoms with E-state index in [0.717, 1.165) is 5.56 Å². The molecular formula is C20H24N2O4.